The van der Waals surface area contributed by atoms with Gasteiger partial charge < -0.3 is 14.8 Å². The van der Waals surface area contributed by atoms with Crippen molar-refractivity contribution in [2.24, 2.45) is 0 Å². The zero-order valence-electron chi connectivity index (χ0n) is 20.1. The predicted octanol–water partition coefficient (Wildman–Crippen LogP) is 5.77. The van der Waals surface area contributed by atoms with E-state index in [9.17, 15) is 22.7 Å². The molecular weight excluding hydrogens is 500 g/mol. The second-order valence-corrected chi connectivity index (χ2v) is 9.87. The molecule has 0 amide bonds. The Hall–Kier alpha value is -2.92. The van der Waals surface area contributed by atoms with Crippen LogP contribution in [0.2, 0.25) is 0 Å². The van der Waals surface area contributed by atoms with Crippen molar-refractivity contribution in [3.05, 3.63) is 58.9 Å². The molecule has 1 saturated heterocycles. The van der Waals surface area contributed by atoms with Crippen LogP contribution in [0.1, 0.15) is 36.3 Å². The number of halogens is 6. The molecule has 37 heavy (non-hydrogen) atoms. The van der Waals surface area contributed by atoms with E-state index in [0.29, 0.717) is 42.6 Å². The van der Waals surface area contributed by atoms with Gasteiger partial charge in [-0.3, -0.25) is 14.2 Å². The van der Waals surface area contributed by atoms with Crippen molar-refractivity contribution in [1.82, 2.24) is 9.80 Å². The fourth-order valence-corrected chi connectivity index (χ4v) is 5.45. The first-order valence-corrected chi connectivity index (χ1v) is 12.1. The Bertz CT molecular complexity index is 1260. The quantitative estimate of drug-likeness (QED) is 0.382. The minimum Gasteiger partial charge on any atom is -0.508 e. The number of benzene rings is 2. The molecule has 2 N–H and O–H groups in total. The molecule has 0 aliphatic carbocycles. The first kappa shape index (κ1) is 25.7. The minimum absolute atomic E-state index is 0.0314. The highest BCUT2D eigenvalue weighted by Gasteiger charge is 2.45. The molecule has 0 saturated carbocycles. The van der Waals surface area contributed by atoms with Crippen LogP contribution in [0.25, 0.3) is 11.0 Å². The van der Waals surface area contributed by atoms with Gasteiger partial charge in [-0.05, 0) is 50.1 Å². The molecule has 0 radical (unpaired) electrons. The molecule has 2 aliphatic heterocycles. The lowest BCUT2D eigenvalue weighted by molar-refractivity contribution is -0.156. The van der Waals surface area contributed by atoms with E-state index in [2.05, 4.69) is 5.32 Å². The van der Waals surface area contributed by atoms with Crippen LogP contribution in [0.3, 0.4) is 0 Å². The van der Waals surface area contributed by atoms with Crippen LogP contribution in [-0.2, 0) is 6.42 Å². The van der Waals surface area contributed by atoms with Crippen molar-refractivity contribution < 1.29 is 35.9 Å². The summed E-state index contributed by atoms with van der Waals surface area (Å²) in [7, 11) is 0. The summed E-state index contributed by atoms with van der Waals surface area (Å²) in [4.78, 5) is 3.02. The summed E-state index contributed by atoms with van der Waals surface area (Å²) < 4.78 is 90.0. The molecule has 5 nitrogen and oxygen atoms in total. The van der Waals surface area contributed by atoms with Gasteiger partial charge in [0.15, 0.2) is 0 Å². The van der Waals surface area contributed by atoms with Gasteiger partial charge in [-0.2, -0.15) is 13.2 Å². The molecular formula is C26H27F6N3O2. The molecule has 200 valence electrons. The number of alkyl halides is 4. The molecule has 5 rings (SSSR count). The molecule has 2 aromatic carbocycles. The largest absolute Gasteiger partial charge is 0.508 e. The fourth-order valence-electron chi connectivity index (χ4n) is 5.45. The van der Waals surface area contributed by atoms with E-state index < -0.39 is 48.7 Å². The number of phenols is 1. The zero-order chi connectivity index (χ0) is 26.5. The standard InChI is InChI=1S/C26H27F6N3O2/c1-14-7-19-18-10-17(36)3-4-22(18)37-25(19)24(35(14)13-26(30,31)32)23-20(28)8-15(9-21(23)29)33-16-11-34(12-16)6-2-5-27/h3-4,8-10,14,16,24,33,36H,2,5-7,11-13H2,1H3. The number of phenolic OH excluding ortho intramolecular Hbond substituents is 1. The molecule has 11 heteroatoms. The Morgan fingerprint density at radius 3 is 2.46 bits per heavy atom. The summed E-state index contributed by atoms with van der Waals surface area (Å²) in [6, 6.07) is 4.22. The molecule has 3 heterocycles. The summed E-state index contributed by atoms with van der Waals surface area (Å²) in [5.41, 5.74) is 0.486. The van der Waals surface area contributed by atoms with Gasteiger partial charge in [-0.25, -0.2) is 8.78 Å². The molecule has 3 aromatic rings. The molecule has 0 spiro atoms. The van der Waals surface area contributed by atoms with E-state index >= 15 is 8.78 Å². The van der Waals surface area contributed by atoms with Crippen molar-refractivity contribution >= 4 is 16.7 Å². The third kappa shape index (κ3) is 5.11. The van der Waals surface area contributed by atoms with Gasteiger partial charge in [0.05, 0.1) is 19.3 Å². The number of furan rings is 1. The monoisotopic (exact) mass is 527 g/mol. The van der Waals surface area contributed by atoms with Crippen LogP contribution >= 0.6 is 0 Å². The molecule has 0 bridgehead atoms. The zero-order valence-corrected chi connectivity index (χ0v) is 20.1. The highest BCUT2D eigenvalue weighted by atomic mass is 19.4. The number of nitrogens with zero attached hydrogens (tertiary/aromatic N) is 2. The maximum Gasteiger partial charge on any atom is 0.401 e. The Morgan fingerprint density at radius 1 is 1.11 bits per heavy atom. The second kappa shape index (κ2) is 9.75. The van der Waals surface area contributed by atoms with Gasteiger partial charge in [0.2, 0.25) is 0 Å². The number of hydrogen-bond acceptors (Lipinski definition) is 5. The smallest absolute Gasteiger partial charge is 0.401 e. The Balaban J connectivity index is 1.51. The van der Waals surface area contributed by atoms with Crippen LogP contribution in [0.4, 0.5) is 32.0 Å². The Morgan fingerprint density at radius 2 is 1.81 bits per heavy atom. The van der Waals surface area contributed by atoms with Crippen LogP contribution in [0.15, 0.2) is 34.7 Å². The number of nitrogens with one attached hydrogen (secondary N) is 1. The van der Waals surface area contributed by atoms with E-state index in [-0.39, 0.29) is 29.7 Å². The van der Waals surface area contributed by atoms with E-state index in [0.717, 1.165) is 17.0 Å². The Kier molecular flexibility index (Phi) is 6.78. The first-order valence-electron chi connectivity index (χ1n) is 12.1. The van der Waals surface area contributed by atoms with Crippen LogP contribution in [0, 0.1) is 11.6 Å². The predicted molar refractivity (Wildman–Crippen MR) is 126 cm³/mol. The number of fused-ring (bicyclic) bond motifs is 3. The summed E-state index contributed by atoms with van der Waals surface area (Å²) in [6.07, 6.45) is -4.04. The summed E-state index contributed by atoms with van der Waals surface area (Å²) in [5.74, 6) is -2.00. The van der Waals surface area contributed by atoms with Crippen molar-refractivity contribution in [3.63, 3.8) is 0 Å². The third-order valence-electron chi connectivity index (χ3n) is 7.10. The lowest BCUT2D eigenvalue weighted by Gasteiger charge is -2.41. The van der Waals surface area contributed by atoms with Crippen LogP contribution in [0.5, 0.6) is 5.75 Å². The highest BCUT2D eigenvalue weighted by molar-refractivity contribution is 5.84. The summed E-state index contributed by atoms with van der Waals surface area (Å²) >= 11 is 0. The summed E-state index contributed by atoms with van der Waals surface area (Å²) in [5, 5.41) is 13.5. The van der Waals surface area contributed by atoms with Gasteiger partial charge in [-0.1, -0.05) is 0 Å². The highest BCUT2D eigenvalue weighted by Crippen LogP contribution is 2.46. The third-order valence-corrected chi connectivity index (χ3v) is 7.10. The summed E-state index contributed by atoms with van der Waals surface area (Å²) in [6.45, 7) is 1.57. The van der Waals surface area contributed by atoms with Gasteiger partial charge in [0.1, 0.15) is 34.8 Å². The SMILES string of the molecule is CC1Cc2c(oc3ccc(O)cc23)C(c2c(F)cc(NC3CN(CCCF)C3)cc2F)N1CC(F)(F)F. The maximum absolute atomic E-state index is 15.5. The van der Waals surface area contributed by atoms with Crippen LogP contribution < -0.4 is 5.32 Å². The van der Waals surface area contributed by atoms with E-state index in [4.69, 9.17) is 4.42 Å². The van der Waals surface area contributed by atoms with Gasteiger partial charge in [-0.15, -0.1) is 0 Å². The van der Waals surface area contributed by atoms with Crippen molar-refractivity contribution in [3.8, 4) is 5.75 Å². The number of aromatic hydroxyl groups is 1. The average molecular weight is 528 g/mol. The average Bonchev–Trinajstić information content (AvgIpc) is 3.13. The Labute approximate surface area is 209 Å². The van der Waals surface area contributed by atoms with Crippen LogP contribution in [-0.4, -0.2) is 66.0 Å². The lowest BCUT2D eigenvalue weighted by Crippen LogP contribution is -2.54. The lowest BCUT2D eigenvalue weighted by atomic mass is 9.88. The van der Waals surface area contributed by atoms with E-state index in [1.165, 1.54) is 18.2 Å². The first-order chi connectivity index (χ1) is 17.5. The minimum atomic E-state index is -4.61. The normalized spacial score (nSPS) is 21.3. The van der Waals surface area contributed by atoms with Crippen molar-refractivity contribution in [2.75, 3.05) is 38.2 Å². The van der Waals surface area contributed by atoms with Crippen molar-refractivity contribution in [1.29, 1.82) is 0 Å². The fraction of sp³-hybridized carbons (Fsp3) is 0.462. The van der Waals surface area contributed by atoms with Gasteiger partial charge in [0.25, 0.3) is 0 Å². The van der Waals surface area contributed by atoms with Gasteiger partial charge in [0, 0.05) is 47.9 Å². The maximum atomic E-state index is 15.5. The van der Waals surface area contributed by atoms with E-state index in [1.807, 2.05) is 4.90 Å². The number of anilines is 1. The van der Waals surface area contributed by atoms with Gasteiger partial charge >= 0.3 is 6.18 Å². The molecule has 1 fully saturated rings. The topological polar surface area (TPSA) is 51.9 Å². The molecule has 2 atom stereocenters. The van der Waals surface area contributed by atoms with Crippen molar-refractivity contribution in [2.45, 2.75) is 44.1 Å². The molecule has 2 aliphatic rings. The number of rotatable bonds is 7. The number of hydrogen-bond donors (Lipinski definition) is 2. The van der Waals surface area contributed by atoms with E-state index in [1.54, 1.807) is 6.92 Å². The molecule has 2 unspecified atom stereocenters. The second-order valence-electron chi connectivity index (χ2n) is 9.87. The molecule has 1 aromatic heterocycles. The number of likely N-dealkylation sites (tertiary alicyclic amines) is 1.